The molecular formula is C21H18O6. The van der Waals surface area contributed by atoms with Gasteiger partial charge in [0, 0.05) is 27.1 Å². The zero-order valence-corrected chi connectivity index (χ0v) is 14.7. The van der Waals surface area contributed by atoms with E-state index < -0.39 is 11.9 Å². The van der Waals surface area contributed by atoms with Gasteiger partial charge in [0.1, 0.15) is 24.7 Å². The third-order valence-corrected chi connectivity index (χ3v) is 4.10. The van der Waals surface area contributed by atoms with Crippen LogP contribution < -0.4 is 0 Å². The van der Waals surface area contributed by atoms with E-state index in [2.05, 4.69) is 6.58 Å². The maximum absolute atomic E-state index is 12.2. The van der Waals surface area contributed by atoms with Gasteiger partial charge in [0.15, 0.2) is 0 Å². The fourth-order valence-electron chi connectivity index (χ4n) is 2.74. The number of fused-ring (bicyclic) bond motifs is 2. The summed E-state index contributed by atoms with van der Waals surface area (Å²) < 4.78 is 9.93. The highest BCUT2D eigenvalue weighted by atomic mass is 16.6. The van der Waals surface area contributed by atoms with Gasteiger partial charge < -0.3 is 19.7 Å². The first kappa shape index (κ1) is 18.3. The first-order valence-corrected chi connectivity index (χ1v) is 8.26. The molecule has 138 valence electrons. The van der Waals surface area contributed by atoms with Crippen LogP contribution in [0.1, 0.15) is 17.3 Å². The molecule has 6 nitrogen and oxygen atoms in total. The van der Waals surface area contributed by atoms with Crippen LogP contribution in [0, 0.1) is 0 Å². The highest BCUT2D eigenvalue weighted by Gasteiger charge is 2.15. The number of carbonyl (C=O) groups excluding carboxylic acids is 2. The SMILES string of the molecule is C=C(C)C(=O)OCCOC(=O)c1ccc2c(O)c3ccccc3c(O)c2c1. The summed E-state index contributed by atoms with van der Waals surface area (Å²) in [5, 5.41) is 22.8. The lowest BCUT2D eigenvalue weighted by Gasteiger charge is -2.11. The number of benzene rings is 3. The van der Waals surface area contributed by atoms with Crippen LogP contribution in [0.4, 0.5) is 0 Å². The summed E-state index contributed by atoms with van der Waals surface area (Å²) in [6.45, 7) is 4.79. The number of phenols is 2. The maximum Gasteiger partial charge on any atom is 0.338 e. The average Bonchev–Trinajstić information content (AvgIpc) is 2.68. The van der Waals surface area contributed by atoms with Crippen molar-refractivity contribution >= 4 is 33.5 Å². The van der Waals surface area contributed by atoms with Crippen molar-refractivity contribution in [2.75, 3.05) is 13.2 Å². The lowest BCUT2D eigenvalue weighted by molar-refractivity contribution is -0.140. The number of phenolic OH excluding ortho intramolecular Hbond substituents is 2. The van der Waals surface area contributed by atoms with Crippen LogP contribution in [-0.2, 0) is 14.3 Å². The molecule has 3 aromatic carbocycles. The van der Waals surface area contributed by atoms with Crippen molar-refractivity contribution in [2.24, 2.45) is 0 Å². The van der Waals surface area contributed by atoms with Gasteiger partial charge in [-0.25, -0.2) is 9.59 Å². The van der Waals surface area contributed by atoms with E-state index in [1.54, 1.807) is 30.3 Å². The first-order chi connectivity index (χ1) is 12.9. The van der Waals surface area contributed by atoms with Gasteiger partial charge in [-0.05, 0) is 25.1 Å². The Hall–Kier alpha value is -3.54. The molecule has 0 saturated heterocycles. The molecule has 27 heavy (non-hydrogen) atoms. The van der Waals surface area contributed by atoms with Gasteiger partial charge in [-0.2, -0.15) is 0 Å². The number of rotatable bonds is 5. The first-order valence-electron chi connectivity index (χ1n) is 8.26. The Bertz CT molecular complexity index is 1070. The molecule has 0 aromatic heterocycles. The third kappa shape index (κ3) is 3.55. The van der Waals surface area contributed by atoms with Crippen molar-refractivity contribution < 1.29 is 29.3 Å². The molecule has 0 atom stereocenters. The fourth-order valence-corrected chi connectivity index (χ4v) is 2.74. The fraction of sp³-hybridized carbons (Fsp3) is 0.143. The molecule has 0 saturated carbocycles. The number of hydrogen-bond acceptors (Lipinski definition) is 6. The molecule has 0 aliphatic carbocycles. The van der Waals surface area contributed by atoms with Gasteiger partial charge in [-0.15, -0.1) is 0 Å². The van der Waals surface area contributed by atoms with Gasteiger partial charge in [0.2, 0.25) is 0 Å². The van der Waals surface area contributed by atoms with Crippen LogP contribution in [0.3, 0.4) is 0 Å². The van der Waals surface area contributed by atoms with Crippen LogP contribution in [-0.4, -0.2) is 35.4 Å². The highest BCUT2D eigenvalue weighted by Crippen LogP contribution is 2.41. The molecule has 0 unspecified atom stereocenters. The summed E-state index contributed by atoms with van der Waals surface area (Å²) in [4.78, 5) is 23.5. The Balaban J connectivity index is 1.83. The predicted octanol–water partition coefficient (Wildman–Crippen LogP) is 3.68. The predicted molar refractivity (Wildman–Crippen MR) is 101 cm³/mol. The zero-order chi connectivity index (χ0) is 19.6. The number of hydrogen-bond donors (Lipinski definition) is 2. The molecule has 0 amide bonds. The molecule has 0 radical (unpaired) electrons. The average molecular weight is 366 g/mol. The monoisotopic (exact) mass is 366 g/mol. The standard InChI is InChI=1S/C21H18O6/c1-12(2)20(24)26-9-10-27-21(25)13-7-8-16-17(11-13)19(23)15-6-4-3-5-14(15)18(16)22/h3-8,11,22-23H,1,9-10H2,2H3. The lowest BCUT2D eigenvalue weighted by Crippen LogP contribution is -2.14. The molecule has 2 N–H and O–H groups in total. The van der Waals surface area contributed by atoms with E-state index in [9.17, 15) is 19.8 Å². The molecule has 0 aliphatic rings. The molecule has 3 rings (SSSR count). The van der Waals surface area contributed by atoms with E-state index in [0.717, 1.165) is 0 Å². The van der Waals surface area contributed by atoms with E-state index in [4.69, 9.17) is 9.47 Å². The van der Waals surface area contributed by atoms with Crippen LogP contribution in [0.15, 0.2) is 54.6 Å². The van der Waals surface area contributed by atoms with E-state index in [1.807, 2.05) is 0 Å². The van der Waals surface area contributed by atoms with Gasteiger partial charge in [0.25, 0.3) is 0 Å². The Morgan fingerprint density at radius 2 is 1.44 bits per heavy atom. The minimum Gasteiger partial charge on any atom is -0.507 e. The number of esters is 2. The smallest absolute Gasteiger partial charge is 0.338 e. The van der Waals surface area contributed by atoms with Crippen molar-refractivity contribution in [1.29, 1.82) is 0 Å². The molecule has 0 aliphatic heterocycles. The summed E-state index contributed by atoms with van der Waals surface area (Å²) in [5.41, 5.74) is 0.470. The van der Waals surface area contributed by atoms with Crippen molar-refractivity contribution in [2.45, 2.75) is 6.92 Å². The van der Waals surface area contributed by atoms with Gasteiger partial charge >= 0.3 is 11.9 Å². The van der Waals surface area contributed by atoms with E-state index in [0.29, 0.717) is 21.5 Å². The van der Waals surface area contributed by atoms with E-state index >= 15 is 0 Å². The largest absolute Gasteiger partial charge is 0.507 e. The lowest BCUT2D eigenvalue weighted by atomic mass is 9.99. The second kappa shape index (κ2) is 7.37. The van der Waals surface area contributed by atoms with Gasteiger partial charge in [0.05, 0.1) is 5.56 Å². The summed E-state index contributed by atoms with van der Waals surface area (Å²) in [6.07, 6.45) is 0. The zero-order valence-electron chi connectivity index (χ0n) is 14.7. The van der Waals surface area contributed by atoms with Crippen molar-refractivity contribution in [3.63, 3.8) is 0 Å². The minimum absolute atomic E-state index is 0.0246. The molecule has 0 fully saturated rings. The molecular weight excluding hydrogens is 348 g/mol. The van der Waals surface area contributed by atoms with E-state index in [-0.39, 0.29) is 35.8 Å². The van der Waals surface area contributed by atoms with Crippen LogP contribution in [0.5, 0.6) is 11.5 Å². The number of aromatic hydroxyl groups is 2. The van der Waals surface area contributed by atoms with Crippen LogP contribution in [0.2, 0.25) is 0 Å². The minimum atomic E-state index is -0.629. The summed E-state index contributed by atoms with van der Waals surface area (Å²) in [6, 6.07) is 11.4. The highest BCUT2D eigenvalue weighted by molar-refractivity contribution is 6.11. The second-order valence-electron chi connectivity index (χ2n) is 6.06. The third-order valence-electron chi connectivity index (χ3n) is 4.10. The quantitative estimate of drug-likeness (QED) is 0.235. The second-order valence-corrected chi connectivity index (χ2v) is 6.06. The maximum atomic E-state index is 12.2. The Morgan fingerprint density at radius 3 is 2.07 bits per heavy atom. The van der Waals surface area contributed by atoms with E-state index in [1.165, 1.54) is 19.1 Å². The summed E-state index contributed by atoms with van der Waals surface area (Å²) in [7, 11) is 0. The van der Waals surface area contributed by atoms with Crippen LogP contribution >= 0.6 is 0 Å². The van der Waals surface area contributed by atoms with Crippen LogP contribution in [0.25, 0.3) is 21.5 Å². The van der Waals surface area contributed by atoms with Crippen molar-refractivity contribution in [1.82, 2.24) is 0 Å². The molecule has 6 heteroatoms. The summed E-state index contributed by atoms with van der Waals surface area (Å²) in [5.74, 6) is -1.17. The molecule has 3 aromatic rings. The van der Waals surface area contributed by atoms with Crippen molar-refractivity contribution in [3.05, 3.63) is 60.2 Å². The molecule has 0 bridgehead atoms. The summed E-state index contributed by atoms with van der Waals surface area (Å²) >= 11 is 0. The Labute approximate surface area is 155 Å². The Kier molecular flexibility index (Phi) is 4.98. The normalized spacial score (nSPS) is 10.7. The molecule has 0 heterocycles. The topological polar surface area (TPSA) is 93.1 Å². The number of carbonyl (C=O) groups is 2. The number of ether oxygens (including phenoxy) is 2. The Morgan fingerprint density at radius 1 is 0.889 bits per heavy atom. The van der Waals surface area contributed by atoms with Gasteiger partial charge in [-0.3, -0.25) is 0 Å². The van der Waals surface area contributed by atoms with Gasteiger partial charge in [-0.1, -0.05) is 30.8 Å². The molecule has 0 spiro atoms. The van der Waals surface area contributed by atoms with Crippen molar-refractivity contribution in [3.8, 4) is 11.5 Å².